The number of pyridine rings is 1. The van der Waals surface area contributed by atoms with Crippen molar-refractivity contribution in [1.82, 2.24) is 14.9 Å². The molecule has 0 saturated heterocycles. The highest BCUT2D eigenvalue weighted by molar-refractivity contribution is 5.92. The summed E-state index contributed by atoms with van der Waals surface area (Å²) in [5.74, 6) is 0. The topological polar surface area (TPSA) is 61.0 Å². The van der Waals surface area contributed by atoms with Crippen LogP contribution in [-0.4, -0.2) is 20.9 Å². The van der Waals surface area contributed by atoms with Gasteiger partial charge in [0, 0.05) is 36.6 Å². The van der Waals surface area contributed by atoms with Crippen LogP contribution in [0.5, 0.6) is 0 Å². The van der Waals surface area contributed by atoms with E-state index in [1.165, 1.54) is 0 Å². The second-order valence-corrected chi connectivity index (χ2v) is 5.16. The van der Waals surface area contributed by atoms with E-state index in [2.05, 4.69) is 15.3 Å². The van der Waals surface area contributed by atoms with E-state index in [1.807, 2.05) is 42.6 Å². The predicted molar refractivity (Wildman–Crippen MR) is 80.8 cm³/mol. The van der Waals surface area contributed by atoms with Crippen LogP contribution in [0, 0.1) is 0 Å². The Labute approximate surface area is 121 Å². The lowest BCUT2D eigenvalue weighted by molar-refractivity contribution is 0.204. The number of hydrogen-bond acceptors (Lipinski definition) is 2. The highest BCUT2D eigenvalue weighted by Crippen LogP contribution is 2.25. The first kappa shape index (κ1) is 12.0. The molecule has 0 fully saturated rings. The summed E-state index contributed by atoms with van der Waals surface area (Å²) in [5, 5.41) is 3.99. The van der Waals surface area contributed by atoms with E-state index >= 15 is 0 Å². The van der Waals surface area contributed by atoms with E-state index in [0.29, 0.717) is 13.1 Å². The second kappa shape index (κ2) is 4.63. The number of nitrogens with one attached hydrogen (secondary N) is 2. The zero-order valence-electron chi connectivity index (χ0n) is 11.3. The number of nitrogens with zero attached hydrogens (tertiary/aromatic N) is 2. The minimum absolute atomic E-state index is 0.0630. The number of hydrogen-bond donors (Lipinski definition) is 2. The molecule has 0 bridgehead atoms. The maximum atomic E-state index is 12.2. The van der Waals surface area contributed by atoms with E-state index < -0.39 is 0 Å². The molecule has 1 aliphatic rings. The average Bonchev–Trinajstić information content (AvgIpc) is 2.91. The minimum atomic E-state index is -0.0630. The molecule has 0 unspecified atom stereocenters. The number of anilines is 1. The van der Waals surface area contributed by atoms with Gasteiger partial charge in [-0.1, -0.05) is 18.2 Å². The van der Waals surface area contributed by atoms with Gasteiger partial charge in [0.25, 0.3) is 0 Å². The van der Waals surface area contributed by atoms with Crippen LogP contribution in [-0.2, 0) is 13.1 Å². The normalized spacial score (nSPS) is 14.1. The molecule has 104 valence electrons. The van der Waals surface area contributed by atoms with Gasteiger partial charge in [0.05, 0.1) is 0 Å². The maximum Gasteiger partial charge on any atom is 0.322 e. The van der Waals surface area contributed by atoms with Gasteiger partial charge in [-0.2, -0.15) is 0 Å². The quantitative estimate of drug-likeness (QED) is 0.756. The Morgan fingerprint density at radius 2 is 2.10 bits per heavy atom. The Morgan fingerprint density at radius 1 is 1.19 bits per heavy atom. The van der Waals surface area contributed by atoms with Gasteiger partial charge in [0.2, 0.25) is 0 Å². The van der Waals surface area contributed by atoms with Crippen LogP contribution in [0.25, 0.3) is 11.0 Å². The van der Waals surface area contributed by atoms with Crippen LogP contribution in [0.4, 0.5) is 10.5 Å². The fraction of sp³-hybridized carbons (Fsp3) is 0.125. The molecule has 3 aromatic rings. The molecule has 0 atom stereocenters. The summed E-state index contributed by atoms with van der Waals surface area (Å²) in [5.41, 5.74) is 3.97. The predicted octanol–water partition coefficient (Wildman–Crippen LogP) is 3.11. The molecule has 0 saturated carbocycles. The molecule has 2 N–H and O–H groups in total. The third kappa shape index (κ3) is 2.03. The van der Waals surface area contributed by atoms with Crippen molar-refractivity contribution in [2.45, 2.75) is 13.1 Å². The third-order valence-electron chi connectivity index (χ3n) is 3.81. The molecule has 2 aromatic heterocycles. The maximum absolute atomic E-state index is 12.2. The lowest BCUT2D eigenvalue weighted by atomic mass is 10.1. The molecule has 0 radical (unpaired) electrons. The standard InChI is InChI=1S/C16H14N4O/c21-16-19-14-6-2-1-4-11(14)9-20(16)10-12-8-18-15-13(12)5-3-7-17-15/h1-8H,9-10H2,(H,17,18)(H,19,21). The van der Waals surface area contributed by atoms with Crippen LogP contribution in [0.2, 0.25) is 0 Å². The summed E-state index contributed by atoms with van der Waals surface area (Å²) in [6.07, 6.45) is 3.68. The van der Waals surface area contributed by atoms with Gasteiger partial charge in [-0.3, -0.25) is 0 Å². The van der Waals surface area contributed by atoms with Crippen molar-refractivity contribution in [3.05, 3.63) is 59.9 Å². The van der Waals surface area contributed by atoms with Crippen LogP contribution >= 0.6 is 0 Å². The van der Waals surface area contributed by atoms with Crippen molar-refractivity contribution >= 4 is 22.8 Å². The Hall–Kier alpha value is -2.82. The highest BCUT2D eigenvalue weighted by atomic mass is 16.2. The second-order valence-electron chi connectivity index (χ2n) is 5.16. The molecule has 4 rings (SSSR count). The number of rotatable bonds is 2. The number of carbonyl (C=O) groups excluding carboxylic acids is 1. The number of aromatic nitrogens is 2. The monoisotopic (exact) mass is 278 g/mol. The van der Waals surface area contributed by atoms with Gasteiger partial charge in [-0.05, 0) is 29.3 Å². The number of H-pyrrole nitrogens is 1. The van der Waals surface area contributed by atoms with Crippen molar-refractivity contribution in [1.29, 1.82) is 0 Å². The highest BCUT2D eigenvalue weighted by Gasteiger charge is 2.22. The molecule has 3 heterocycles. The lowest BCUT2D eigenvalue weighted by Gasteiger charge is -2.29. The van der Waals surface area contributed by atoms with Crippen molar-refractivity contribution < 1.29 is 4.79 Å². The van der Waals surface area contributed by atoms with Gasteiger partial charge >= 0.3 is 6.03 Å². The summed E-state index contributed by atoms with van der Waals surface area (Å²) in [7, 11) is 0. The summed E-state index contributed by atoms with van der Waals surface area (Å²) < 4.78 is 0. The lowest BCUT2D eigenvalue weighted by Crippen LogP contribution is -2.37. The van der Waals surface area contributed by atoms with Crippen LogP contribution < -0.4 is 5.32 Å². The molecule has 1 aromatic carbocycles. The summed E-state index contributed by atoms with van der Waals surface area (Å²) in [6.45, 7) is 1.18. The number of urea groups is 1. The van der Waals surface area contributed by atoms with Gasteiger partial charge in [0.1, 0.15) is 5.65 Å². The number of para-hydroxylation sites is 1. The Bertz CT molecular complexity index is 824. The molecule has 0 aliphatic carbocycles. The molecule has 5 heteroatoms. The van der Waals surface area contributed by atoms with Crippen molar-refractivity contribution in [3.63, 3.8) is 0 Å². The minimum Gasteiger partial charge on any atom is -0.346 e. The fourth-order valence-electron chi connectivity index (χ4n) is 2.73. The van der Waals surface area contributed by atoms with Crippen LogP contribution in [0.1, 0.15) is 11.1 Å². The van der Waals surface area contributed by atoms with E-state index in [0.717, 1.165) is 27.8 Å². The first-order valence-corrected chi connectivity index (χ1v) is 6.86. The van der Waals surface area contributed by atoms with Crippen molar-refractivity contribution in [3.8, 4) is 0 Å². The van der Waals surface area contributed by atoms with Crippen molar-refractivity contribution in [2.75, 3.05) is 5.32 Å². The number of aromatic amines is 1. The van der Waals surface area contributed by atoms with Crippen molar-refractivity contribution in [2.24, 2.45) is 0 Å². The molecular formula is C16H14N4O. The first-order valence-electron chi connectivity index (χ1n) is 6.86. The zero-order valence-corrected chi connectivity index (χ0v) is 11.3. The number of benzene rings is 1. The molecule has 0 spiro atoms. The summed E-state index contributed by atoms with van der Waals surface area (Å²) >= 11 is 0. The Kier molecular flexibility index (Phi) is 2.64. The molecule has 21 heavy (non-hydrogen) atoms. The van der Waals surface area contributed by atoms with Gasteiger partial charge in [0.15, 0.2) is 0 Å². The number of amides is 2. The smallest absolute Gasteiger partial charge is 0.322 e. The van der Waals surface area contributed by atoms with Crippen LogP contribution in [0.15, 0.2) is 48.8 Å². The van der Waals surface area contributed by atoms with E-state index in [-0.39, 0.29) is 6.03 Å². The molecule has 5 nitrogen and oxygen atoms in total. The number of carbonyl (C=O) groups is 1. The van der Waals surface area contributed by atoms with Crippen LogP contribution in [0.3, 0.4) is 0 Å². The molecule has 1 aliphatic heterocycles. The fourth-order valence-corrected chi connectivity index (χ4v) is 2.73. The third-order valence-corrected chi connectivity index (χ3v) is 3.81. The average molecular weight is 278 g/mol. The molecular weight excluding hydrogens is 264 g/mol. The molecule has 2 amide bonds. The largest absolute Gasteiger partial charge is 0.346 e. The van der Waals surface area contributed by atoms with Gasteiger partial charge < -0.3 is 15.2 Å². The van der Waals surface area contributed by atoms with E-state index in [9.17, 15) is 4.79 Å². The number of fused-ring (bicyclic) bond motifs is 2. The first-order chi connectivity index (χ1) is 10.3. The van der Waals surface area contributed by atoms with Gasteiger partial charge in [-0.15, -0.1) is 0 Å². The van der Waals surface area contributed by atoms with E-state index in [1.54, 1.807) is 11.1 Å². The summed E-state index contributed by atoms with van der Waals surface area (Å²) in [4.78, 5) is 21.4. The summed E-state index contributed by atoms with van der Waals surface area (Å²) in [6, 6.07) is 11.8. The Balaban J connectivity index is 1.64. The SMILES string of the molecule is O=C1Nc2ccccc2CN1Cc1c[nH]c2ncccc12. The zero-order chi connectivity index (χ0) is 14.2. The van der Waals surface area contributed by atoms with E-state index in [4.69, 9.17) is 0 Å². The van der Waals surface area contributed by atoms with Gasteiger partial charge in [-0.25, -0.2) is 9.78 Å². The Morgan fingerprint density at radius 3 is 3.05 bits per heavy atom.